The van der Waals surface area contributed by atoms with Crippen LogP contribution in [0, 0.1) is 0 Å². The van der Waals surface area contributed by atoms with Crippen LogP contribution in [-0.2, 0) is 0 Å². The van der Waals surface area contributed by atoms with Crippen molar-refractivity contribution in [3.05, 3.63) is 36.7 Å². The highest BCUT2D eigenvalue weighted by molar-refractivity contribution is 5.59. The molecule has 2 rings (SSSR count). The van der Waals surface area contributed by atoms with Crippen molar-refractivity contribution >= 4 is 17.3 Å². The first-order chi connectivity index (χ1) is 9.17. The molecular weight excluding hydrogens is 242 g/mol. The summed E-state index contributed by atoms with van der Waals surface area (Å²) in [4.78, 5) is 8.04. The van der Waals surface area contributed by atoms with Crippen LogP contribution >= 0.6 is 0 Å². The summed E-state index contributed by atoms with van der Waals surface area (Å²) in [6.07, 6.45) is 1.60. The van der Waals surface area contributed by atoms with Gasteiger partial charge in [0.25, 0.3) is 0 Å². The SMILES string of the molecule is CC(C)Oc1ccc(Nc2cc(NN)ncn2)cc1. The molecule has 0 aliphatic heterocycles. The maximum absolute atomic E-state index is 5.58. The first-order valence-electron chi connectivity index (χ1n) is 6.00. The van der Waals surface area contributed by atoms with E-state index in [4.69, 9.17) is 10.6 Å². The Balaban J connectivity index is 2.06. The Morgan fingerprint density at radius 2 is 1.79 bits per heavy atom. The summed E-state index contributed by atoms with van der Waals surface area (Å²) in [5.41, 5.74) is 3.39. The van der Waals surface area contributed by atoms with Crippen LogP contribution in [0.1, 0.15) is 13.8 Å². The molecule has 1 heterocycles. The predicted molar refractivity (Wildman–Crippen MR) is 75.3 cm³/mol. The minimum absolute atomic E-state index is 0.166. The fraction of sp³-hybridized carbons (Fsp3) is 0.231. The quantitative estimate of drug-likeness (QED) is 0.564. The van der Waals surface area contributed by atoms with E-state index in [0.29, 0.717) is 11.6 Å². The van der Waals surface area contributed by atoms with Gasteiger partial charge < -0.3 is 15.5 Å². The average Bonchev–Trinajstić information content (AvgIpc) is 2.41. The van der Waals surface area contributed by atoms with E-state index in [9.17, 15) is 0 Å². The molecule has 0 aliphatic carbocycles. The first kappa shape index (κ1) is 13.1. The summed E-state index contributed by atoms with van der Waals surface area (Å²) < 4.78 is 5.58. The van der Waals surface area contributed by atoms with Gasteiger partial charge in [0.05, 0.1) is 6.10 Å². The lowest BCUT2D eigenvalue weighted by molar-refractivity contribution is 0.242. The lowest BCUT2D eigenvalue weighted by Crippen LogP contribution is -2.09. The van der Waals surface area contributed by atoms with Gasteiger partial charge >= 0.3 is 0 Å². The predicted octanol–water partition coefficient (Wildman–Crippen LogP) is 2.29. The third-order valence-corrected chi connectivity index (χ3v) is 2.31. The number of nitrogens with zero attached hydrogens (tertiary/aromatic N) is 2. The zero-order chi connectivity index (χ0) is 13.7. The van der Waals surface area contributed by atoms with Gasteiger partial charge in [0.2, 0.25) is 0 Å². The van der Waals surface area contributed by atoms with Gasteiger partial charge in [-0.05, 0) is 38.1 Å². The average molecular weight is 259 g/mol. The molecule has 4 N–H and O–H groups in total. The van der Waals surface area contributed by atoms with Crippen molar-refractivity contribution < 1.29 is 4.74 Å². The highest BCUT2D eigenvalue weighted by Crippen LogP contribution is 2.20. The molecule has 0 saturated heterocycles. The Morgan fingerprint density at radius 1 is 1.11 bits per heavy atom. The maximum Gasteiger partial charge on any atom is 0.145 e. The third kappa shape index (κ3) is 3.82. The number of hydrogen-bond acceptors (Lipinski definition) is 6. The number of nitrogens with one attached hydrogen (secondary N) is 2. The number of hydrogen-bond donors (Lipinski definition) is 3. The van der Waals surface area contributed by atoms with Crippen LogP contribution in [0.15, 0.2) is 36.7 Å². The van der Waals surface area contributed by atoms with Gasteiger partial charge in [-0.15, -0.1) is 0 Å². The Bertz CT molecular complexity index is 527. The Hall–Kier alpha value is -2.34. The molecule has 0 radical (unpaired) electrons. The van der Waals surface area contributed by atoms with E-state index in [2.05, 4.69) is 20.7 Å². The number of nitrogen functional groups attached to an aromatic ring is 1. The van der Waals surface area contributed by atoms with Crippen LogP contribution in [0.25, 0.3) is 0 Å². The summed E-state index contributed by atoms with van der Waals surface area (Å²) in [7, 11) is 0. The monoisotopic (exact) mass is 259 g/mol. The molecule has 0 aliphatic rings. The molecular formula is C13H17N5O. The van der Waals surface area contributed by atoms with Crippen molar-refractivity contribution in [2.45, 2.75) is 20.0 Å². The molecule has 100 valence electrons. The van der Waals surface area contributed by atoms with Gasteiger partial charge in [-0.3, -0.25) is 0 Å². The second-order valence-corrected chi connectivity index (χ2v) is 4.25. The topological polar surface area (TPSA) is 85.1 Å². The van der Waals surface area contributed by atoms with Crippen LogP contribution in [0.5, 0.6) is 5.75 Å². The molecule has 0 bridgehead atoms. The van der Waals surface area contributed by atoms with Gasteiger partial charge in [-0.2, -0.15) is 0 Å². The van der Waals surface area contributed by atoms with Gasteiger partial charge in [-0.1, -0.05) is 0 Å². The van der Waals surface area contributed by atoms with E-state index in [0.717, 1.165) is 11.4 Å². The van der Waals surface area contributed by atoms with Crippen LogP contribution in [-0.4, -0.2) is 16.1 Å². The van der Waals surface area contributed by atoms with E-state index in [1.807, 2.05) is 38.1 Å². The maximum atomic E-state index is 5.58. The third-order valence-electron chi connectivity index (χ3n) is 2.31. The van der Waals surface area contributed by atoms with Crippen molar-refractivity contribution in [1.82, 2.24) is 9.97 Å². The van der Waals surface area contributed by atoms with Gasteiger partial charge in [0.1, 0.15) is 23.7 Å². The van der Waals surface area contributed by atoms with Crippen molar-refractivity contribution in [2.24, 2.45) is 5.84 Å². The Morgan fingerprint density at radius 3 is 2.42 bits per heavy atom. The lowest BCUT2D eigenvalue weighted by Gasteiger charge is -2.11. The van der Waals surface area contributed by atoms with E-state index < -0.39 is 0 Å². The van der Waals surface area contributed by atoms with Crippen LogP contribution in [0.3, 0.4) is 0 Å². The normalized spacial score (nSPS) is 10.3. The first-order valence-corrected chi connectivity index (χ1v) is 6.00. The molecule has 0 atom stereocenters. The summed E-state index contributed by atoms with van der Waals surface area (Å²) in [6.45, 7) is 3.99. The number of aromatic nitrogens is 2. The van der Waals surface area contributed by atoms with E-state index >= 15 is 0 Å². The molecule has 0 fully saturated rings. The van der Waals surface area contributed by atoms with Crippen molar-refractivity contribution in [1.29, 1.82) is 0 Å². The smallest absolute Gasteiger partial charge is 0.145 e. The van der Waals surface area contributed by atoms with E-state index in [-0.39, 0.29) is 6.10 Å². The standard InChI is InChI=1S/C13H17N5O/c1-9(2)19-11-5-3-10(4-6-11)17-12-7-13(18-14)16-8-15-12/h3-9H,14H2,1-2H3,(H2,15,16,17,18). The van der Waals surface area contributed by atoms with Gasteiger partial charge in [0.15, 0.2) is 0 Å². The minimum atomic E-state index is 0.166. The van der Waals surface area contributed by atoms with Crippen molar-refractivity contribution in [3.8, 4) is 5.75 Å². The molecule has 6 nitrogen and oxygen atoms in total. The zero-order valence-electron chi connectivity index (χ0n) is 10.9. The molecule has 6 heteroatoms. The van der Waals surface area contributed by atoms with E-state index in [1.165, 1.54) is 6.33 Å². The number of benzene rings is 1. The fourth-order valence-electron chi connectivity index (χ4n) is 1.54. The fourth-order valence-corrected chi connectivity index (χ4v) is 1.54. The summed E-state index contributed by atoms with van der Waals surface area (Å²) in [6, 6.07) is 9.39. The number of anilines is 3. The van der Waals surface area contributed by atoms with E-state index in [1.54, 1.807) is 6.07 Å². The van der Waals surface area contributed by atoms with Crippen LogP contribution in [0.4, 0.5) is 17.3 Å². The molecule has 19 heavy (non-hydrogen) atoms. The summed E-state index contributed by atoms with van der Waals surface area (Å²) in [5.74, 6) is 7.35. The molecule has 1 aromatic carbocycles. The molecule has 0 unspecified atom stereocenters. The molecule has 2 aromatic rings. The second-order valence-electron chi connectivity index (χ2n) is 4.25. The highest BCUT2D eigenvalue weighted by atomic mass is 16.5. The number of rotatable bonds is 5. The molecule has 1 aromatic heterocycles. The molecule has 0 spiro atoms. The van der Waals surface area contributed by atoms with Crippen LogP contribution in [0.2, 0.25) is 0 Å². The second kappa shape index (κ2) is 6.01. The van der Waals surface area contributed by atoms with Crippen LogP contribution < -0.4 is 21.3 Å². The summed E-state index contributed by atoms with van der Waals surface area (Å²) >= 11 is 0. The highest BCUT2D eigenvalue weighted by Gasteiger charge is 2.00. The van der Waals surface area contributed by atoms with Crippen molar-refractivity contribution in [2.75, 3.05) is 10.7 Å². The zero-order valence-corrected chi connectivity index (χ0v) is 10.9. The minimum Gasteiger partial charge on any atom is -0.491 e. The Kier molecular flexibility index (Phi) is 4.15. The van der Waals surface area contributed by atoms with Crippen molar-refractivity contribution in [3.63, 3.8) is 0 Å². The summed E-state index contributed by atoms with van der Waals surface area (Å²) in [5, 5.41) is 3.16. The number of ether oxygens (including phenoxy) is 1. The Labute approximate surface area is 112 Å². The molecule has 0 saturated carbocycles. The van der Waals surface area contributed by atoms with Gasteiger partial charge in [0, 0.05) is 11.8 Å². The largest absolute Gasteiger partial charge is 0.491 e. The number of nitrogens with two attached hydrogens (primary N) is 1. The van der Waals surface area contributed by atoms with Gasteiger partial charge in [-0.25, -0.2) is 15.8 Å². The number of hydrazine groups is 1. The lowest BCUT2D eigenvalue weighted by atomic mass is 10.3. The molecule has 0 amide bonds.